The van der Waals surface area contributed by atoms with Crippen LogP contribution in [-0.2, 0) is 4.74 Å². The molecule has 0 aliphatic heterocycles. The van der Waals surface area contributed by atoms with E-state index in [0.29, 0.717) is 6.04 Å². The highest BCUT2D eigenvalue weighted by Gasteiger charge is 2.20. The number of nitrogens with zero attached hydrogens (tertiary/aromatic N) is 1. The Labute approximate surface area is 117 Å². The first-order valence-electron chi connectivity index (χ1n) is 7.20. The van der Waals surface area contributed by atoms with Gasteiger partial charge in [-0.15, -0.1) is 0 Å². The third kappa shape index (κ3) is 5.70. The van der Waals surface area contributed by atoms with Gasteiger partial charge in [-0.2, -0.15) is 0 Å². The molecule has 0 bridgehead atoms. The van der Waals surface area contributed by atoms with Crippen LogP contribution in [0.4, 0.5) is 0 Å². The molecule has 0 spiro atoms. The Hall–Kier alpha value is -0.930. The van der Waals surface area contributed by atoms with E-state index in [2.05, 4.69) is 43.2 Å². The molecule has 0 radical (unpaired) electrons. The maximum absolute atomic E-state index is 5.50. The van der Waals surface area contributed by atoms with E-state index in [4.69, 9.17) is 4.74 Å². The molecule has 0 aromatic carbocycles. The molecule has 1 rings (SSSR count). The van der Waals surface area contributed by atoms with E-state index in [1.807, 2.05) is 13.0 Å². The number of nitrogens with one attached hydrogen (secondary N) is 1. The van der Waals surface area contributed by atoms with Gasteiger partial charge in [0.2, 0.25) is 0 Å². The van der Waals surface area contributed by atoms with Crippen LogP contribution in [0, 0.1) is 6.92 Å². The lowest BCUT2D eigenvalue weighted by atomic mass is 9.97. The summed E-state index contributed by atoms with van der Waals surface area (Å²) in [4.78, 5) is 4.65. The molecule has 3 nitrogen and oxygen atoms in total. The van der Waals surface area contributed by atoms with E-state index < -0.39 is 0 Å². The molecule has 0 saturated carbocycles. The first-order chi connectivity index (χ1) is 8.98. The van der Waals surface area contributed by atoms with Gasteiger partial charge in [0.1, 0.15) is 0 Å². The second kappa shape index (κ2) is 7.61. The quantitative estimate of drug-likeness (QED) is 0.778. The van der Waals surface area contributed by atoms with Gasteiger partial charge in [-0.3, -0.25) is 4.98 Å². The van der Waals surface area contributed by atoms with Gasteiger partial charge in [0, 0.05) is 18.8 Å². The molecule has 1 aromatic rings. The largest absolute Gasteiger partial charge is 0.379 e. The van der Waals surface area contributed by atoms with E-state index in [1.54, 1.807) is 7.11 Å². The fourth-order valence-corrected chi connectivity index (χ4v) is 2.03. The van der Waals surface area contributed by atoms with Gasteiger partial charge in [-0.1, -0.05) is 13.0 Å². The maximum atomic E-state index is 5.50. The Morgan fingerprint density at radius 3 is 2.68 bits per heavy atom. The molecule has 0 fully saturated rings. The SMILES string of the molecule is CCCNC(CCC(C)(C)OC)c1cccc(C)n1. The number of aromatic nitrogens is 1. The molecular weight excluding hydrogens is 236 g/mol. The van der Waals surface area contributed by atoms with Crippen LogP contribution in [0.5, 0.6) is 0 Å². The van der Waals surface area contributed by atoms with Crippen molar-refractivity contribution in [3.05, 3.63) is 29.6 Å². The van der Waals surface area contributed by atoms with E-state index in [0.717, 1.165) is 37.2 Å². The van der Waals surface area contributed by atoms with Crippen LogP contribution in [0.25, 0.3) is 0 Å². The summed E-state index contributed by atoms with van der Waals surface area (Å²) >= 11 is 0. The predicted octanol–water partition coefficient (Wildman–Crippen LogP) is 3.64. The number of aryl methyl sites for hydroxylation is 1. The number of rotatable bonds is 8. The highest BCUT2D eigenvalue weighted by Crippen LogP contribution is 2.23. The molecule has 0 amide bonds. The molecule has 1 heterocycles. The molecule has 1 N–H and O–H groups in total. The minimum Gasteiger partial charge on any atom is -0.379 e. The zero-order chi connectivity index (χ0) is 14.3. The normalized spacial score (nSPS) is 13.5. The maximum Gasteiger partial charge on any atom is 0.0623 e. The molecule has 1 aromatic heterocycles. The van der Waals surface area contributed by atoms with Crippen molar-refractivity contribution in [3.63, 3.8) is 0 Å². The minimum atomic E-state index is -0.0734. The summed E-state index contributed by atoms with van der Waals surface area (Å²) in [7, 11) is 1.78. The Bertz CT molecular complexity index is 377. The van der Waals surface area contributed by atoms with Gasteiger partial charge in [0.05, 0.1) is 11.3 Å². The zero-order valence-electron chi connectivity index (χ0n) is 13.0. The van der Waals surface area contributed by atoms with Crippen LogP contribution in [0.1, 0.15) is 57.5 Å². The van der Waals surface area contributed by atoms with Crippen molar-refractivity contribution in [1.29, 1.82) is 0 Å². The highest BCUT2D eigenvalue weighted by atomic mass is 16.5. The molecular formula is C16H28N2O. The number of pyridine rings is 1. The van der Waals surface area contributed by atoms with Crippen LogP contribution in [0.3, 0.4) is 0 Å². The first kappa shape index (κ1) is 16.1. The standard InChI is InChI=1S/C16H28N2O/c1-6-12-17-14(10-11-16(3,4)19-5)15-9-7-8-13(2)18-15/h7-9,14,17H,6,10-12H2,1-5H3. The van der Waals surface area contributed by atoms with Gasteiger partial charge in [0.15, 0.2) is 0 Å². The van der Waals surface area contributed by atoms with Gasteiger partial charge in [0.25, 0.3) is 0 Å². The van der Waals surface area contributed by atoms with Crippen molar-refractivity contribution >= 4 is 0 Å². The lowest BCUT2D eigenvalue weighted by Gasteiger charge is -2.26. The molecule has 108 valence electrons. The van der Waals surface area contributed by atoms with Crippen molar-refractivity contribution < 1.29 is 4.74 Å². The van der Waals surface area contributed by atoms with Crippen molar-refractivity contribution in [2.75, 3.05) is 13.7 Å². The Kier molecular flexibility index (Phi) is 6.46. The van der Waals surface area contributed by atoms with Crippen LogP contribution >= 0.6 is 0 Å². The van der Waals surface area contributed by atoms with Crippen LogP contribution in [0.2, 0.25) is 0 Å². The zero-order valence-corrected chi connectivity index (χ0v) is 13.0. The Morgan fingerprint density at radius 1 is 1.37 bits per heavy atom. The molecule has 19 heavy (non-hydrogen) atoms. The lowest BCUT2D eigenvalue weighted by Crippen LogP contribution is -2.28. The van der Waals surface area contributed by atoms with Gasteiger partial charge in [-0.25, -0.2) is 0 Å². The van der Waals surface area contributed by atoms with Crippen molar-refractivity contribution in [1.82, 2.24) is 10.3 Å². The van der Waals surface area contributed by atoms with Crippen LogP contribution in [0.15, 0.2) is 18.2 Å². The second-order valence-electron chi connectivity index (χ2n) is 5.71. The van der Waals surface area contributed by atoms with Crippen LogP contribution in [-0.4, -0.2) is 24.2 Å². The minimum absolute atomic E-state index is 0.0734. The summed E-state index contributed by atoms with van der Waals surface area (Å²) in [5.41, 5.74) is 2.14. The smallest absolute Gasteiger partial charge is 0.0623 e. The summed E-state index contributed by atoms with van der Waals surface area (Å²) in [5.74, 6) is 0. The average molecular weight is 264 g/mol. The molecule has 0 aliphatic rings. The number of ether oxygens (including phenoxy) is 1. The second-order valence-corrected chi connectivity index (χ2v) is 5.71. The fraction of sp³-hybridized carbons (Fsp3) is 0.688. The van der Waals surface area contributed by atoms with Crippen molar-refractivity contribution in [3.8, 4) is 0 Å². The highest BCUT2D eigenvalue weighted by molar-refractivity contribution is 5.13. The molecule has 1 atom stereocenters. The van der Waals surface area contributed by atoms with Gasteiger partial charge < -0.3 is 10.1 Å². The van der Waals surface area contributed by atoms with E-state index in [9.17, 15) is 0 Å². The predicted molar refractivity (Wildman–Crippen MR) is 80.3 cm³/mol. The molecule has 3 heteroatoms. The summed E-state index contributed by atoms with van der Waals surface area (Å²) in [6, 6.07) is 6.55. The monoisotopic (exact) mass is 264 g/mol. The summed E-state index contributed by atoms with van der Waals surface area (Å²) in [6.45, 7) is 9.51. The summed E-state index contributed by atoms with van der Waals surface area (Å²) in [5, 5.41) is 3.59. The number of hydrogen-bond donors (Lipinski definition) is 1. The number of hydrogen-bond acceptors (Lipinski definition) is 3. The Balaban J connectivity index is 2.71. The molecule has 0 saturated heterocycles. The average Bonchev–Trinajstić information content (AvgIpc) is 2.39. The Morgan fingerprint density at radius 2 is 2.11 bits per heavy atom. The van der Waals surface area contributed by atoms with Crippen molar-refractivity contribution in [2.45, 2.75) is 58.6 Å². The molecule has 0 aliphatic carbocycles. The van der Waals surface area contributed by atoms with Gasteiger partial charge in [-0.05, 0) is 58.7 Å². The summed E-state index contributed by atoms with van der Waals surface area (Å²) < 4.78 is 5.50. The van der Waals surface area contributed by atoms with Crippen LogP contribution < -0.4 is 5.32 Å². The lowest BCUT2D eigenvalue weighted by molar-refractivity contribution is 0.0116. The van der Waals surface area contributed by atoms with Gasteiger partial charge >= 0.3 is 0 Å². The molecule has 1 unspecified atom stereocenters. The summed E-state index contributed by atoms with van der Waals surface area (Å²) in [6.07, 6.45) is 3.19. The van der Waals surface area contributed by atoms with E-state index in [1.165, 1.54) is 0 Å². The van der Waals surface area contributed by atoms with E-state index in [-0.39, 0.29) is 5.60 Å². The topological polar surface area (TPSA) is 34.1 Å². The third-order valence-electron chi connectivity index (χ3n) is 3.50. The first-order valence-corrected chi connectivity index (χ1v) is 7.20. The van der Waals surface area contributed by atoms with Crippen molar-refractivity contribution in [2.24, 2.45) is 0 Å². The third-order valence-corrected chi connectivity index (χ3v) is 3.50. The number of methoxy groups -OCH3 is 1. The fourth-order valence-electron chi connectivity index (χ4n) is 2.03. The van der Waals surface area contributed by atoms with E-state index >= 15 is 0 Å².